The first-order valence-corrected chi connectivity index (χ1v) is 6.96. The van der Waals surface area contributed by atoms with Crippen LogP contribution in [0.15, 0.2) is 12.3 Å². The smallest absolute Gasteiger partial charge is 0.255 e. The Labute approximate surface area is 117 Å². The van der Waals surface area contributed by atoms with Crippen LogP contribution >= 0.6 is 0 Å². The van der Waals surface area contributed by atoms with Gasteiger partial charge in [0.1, 0.15) is 11.6 Å². The second kappa shape index (κ2) is 7.19. The van der Waals surface area contributed by atoms with Crippen molar-refractivity contribution in [1.82, 2.24) is 10.3 Å². The van der Waals surface area contributed by atoms with E-state index in [1.54, 1.807) is 0 Å². The minimum absolute atomic E-state index is 0.217. The summed E-state index contributed by atoms with van der Waals surface area (Å²) in [5.41, 5.74) is 0.217. The summed E-state index contributed by atoms with van der Waals surface area (Å²) in [6.07, 6.45) is 3.58. The van der Waals surface area contributed by atoms with Crippen molar-refractivity contribution in [3.05, 3.63) is 23.6 Å². The number of rotatable bonds is 8. The molecule has 0 bridgehead atoms. The van der Waals surface area contributed by atoms with Crippen molar-refractivity contribution in [2.45, 2.75) is 19.8 Å². The maximum atomic E-state index is 13.2. The van der Waals surface area contributed by atoms with Gasteiger partial charge in [-0.15, -0.1) is 0 Å². The lowest BCUT2D eigenvalue weighted by molar-refractivity contribution is 0.0906. The molecule has 2 N–H and O–H groups in total. The van der Waals surface area contributed by atoms with Crippen molar-refractivity contribution in [3.63, 3.8) is 0 Å². The Bertz CT molecular complexity index is 464. The number of aromatic nitrogens is 1. The fraction of sp³-hybridized carbons (Fsp3) is 0.571. The average Bonchev–Trinajstić information content (AvgIpc) is 3.24. The average molecular weight is 281 g/mol. The van der Waals surface area contributed by atoms with Gasteiger partial charge in [0.25, 0.3) is 5.91 Å². The molecule has 1 aliphatic carbocycles. The highest BCUT2D eigenvalue weighted by molar-refractivity contribution is 5.98. The molecule has 1 aromatic heterocycles. The van der Waals surface area contributed by atoms with Crippen LogP contribution in [0.3, 0.4) is 0 Å². The fourth-order valence-electron chi connectivity index (χ4n) is 1.79. The predicted molar refractivity (Wildman–Crippen MR) is 74.2 cm³/mol. The number of nitrogens with one attached hydrogen (secondary N) is 2. The fourth-order valence-corrected chi connectivity index (χ4v) is 1.79. The summed E-state index contributed by atoms with van der Waals surface area (Å²) in [5, 5.41) is 5.65. The topological polar surface area (TPSA) is 63.2 Å². The molecule has 0 unspecified atom stereocenters. The third-order valence-electron chi connectivity index (χ3n) is 3.03. The van der Waals surface area contributed by atoms with E-state index in [0.29, 0.717) is 31.4 Å². The quantitative estimate of drug-likeness (QED) is 0.713. The van der Waals surface area contributed by atoms with Crippen LogP contribution in [-0.4, -0.2) is 37.2 Å². The van der Waals surface area contributed by atoms with Gasteiger partial charge in [0.2, 0.25) is 0 Å². The second-order valence-corrected chi connectivity index (χ2v) is 4.85. The molecule has 5 nitrogen and oxygen atoms in total. The molecule has 0 radical (unpaired) electrons. The van der Waals surface area contributed by atoms with E-state index in [2.05, 4.69) is 15.6 Å². The van der Waals surface area contributed by atoms with E-state index in [1.165, 1.54) is 18.9 Å². The number of nitrogens with zero attached hydrogens (tertiary/aromatic N) is 1. The van der Waals surface area contributed by atoms with Crippen molar-refractivity contribution in [2.75, 3.05) is 31.6 Å². The standard InChI is InChI=1S/C14H20FN3O2/c1-2-16-13-12(7-11(15)8-18-13)14(19)17-5-6-20-9-10-3-4-10/h7-8,10H,2-6,9H2,1H3,(H,16,18)(H,17,19). The van der Waals surface area contributed by atoms with E-state index >= 15 is 0 Å². The van der Waals surface area contributed by atoms with Gasteiger partial charge in [-0.3, -0.25) is 4.79 Å². The Hall–Kier alpha value is -1.69. The predicted octanol–water partition coefficient (Wildman–Crippen LogP) is 1.81. The van der Waals surface area contributed by atoms with Gasteiger partial charge in [0.05, 0.1) is 18.4 Å². The van der Waals surface area contributed by atoms with Crippen molar-refractivity contribution in [3.8, 4) is 0 Å². The molecular formula is C14H20FN3O2. The van der Waals surface area contributed by atoms with Gasteiger partial charge in [0.15, 0.2) is 0 Å². The Morgan fingerprint density at radius 2 is 2.35 bits per heavy atom. The minimum atomic E-state index is -0.526. The molecular weight excluding hydrogens is 261 g/mol. The van der Waals surface area contributed by atoms with Crippen LogP contribution in [-0.2, 0) is 4.74 Å². The van der Waals surface area contributed by atoms with Crippen LogP contribution in [0.2, 0.25) is 0 Å². The first-order valence-electron chi connectivity index (χ1n) is 6.96. The molecule has 1 fully saturated rings. The number of hydrogen-bond acceptors (Lipinski definition) is 4. The lowest BCUT2D eigenvalue weighted by atomic mass is 10.2. The third-order valence-corrected chi connectivity index (χ3v) is 3.03. The van der Waals surface area contributed by atoms with Crippen molar-refractivity contribution < 1.29 is 13.9 Å². The van der Waals surface area contributed by atoms with E-state index in [4.69, 9.17) is 4.74 Å². The SMILES string of the molecule is CCNc1ncc(F)cc1C(=O)NCCOCC1CC1. The molecule has 0 saturated heterocycles. The van der Waals surface area contributed by atoms with Gasteiger partial charge in [-0.25, -0.2) is 9.37 Å². The molecule has 20 heavy (non-hydrogen) atoms. The molecule has 0 aromatic carbocycles. The lowest BCUT2D eigenvalue weighted by Crippen LogP contribution is -2.28. The van der Waals surface area contributed by atoms with E-state index in [1.807, 2.05) is 6.92 Å². The molecule has 0 spiro atoms. The lowest BCUT2D eigenvalue weighted by Gasteiger charge is -2.10. The molecule has 1 saturated carbocycles. The second-order valence-electron chi connectivity index (χ2n) is 4.85. The molecule has 1 heterocycles. The number of hydrogen-bond donors (Lipinski definition) is 2. The number of pyridine rings is 1. The highest BCUT2D eigenvalue weighted by atomic mass is 19.1. The van der Waals surface area contributed by atoms with E-state index in [0.717, 1.165) is 12.8 Å². The van der Waals surface area contributed by atoms with Crippen LogP contribution in [0.25, 0.3) is 0 Å². The molecule has 0 aliphatic heterocycles. The Morgan fingerprint density at radius 1 is 1.55 bits per heavy atom. The van der Waals surface area contributed by atoms with E-state index in [-0.39, 0.29) is 11.5 Å². The Kier molecular flexibility index (Phi) is 5.29. The molecule has 1 aromatic rings. The number of halogens is 1. The highest BCUT2D eigenvalue weighted by Crippen LogP contribution is 2.28. The Balaban J connectivity index is 1.81. The van der Waals surface area contributed by atoms with Gasteiger partial charge in [-0.1, -0.05) is 0 Å². The summed E-state index contributed by atoms with van der Waals surface area (Å²) in [7, 11) is 0. The first kappa shape index (κ1) is 14.7. The zero-order valence-electron chi connectivity index (χ0n) is 11.6. The summed E-state index contributed by atoms with van der Waals surface area (Å²) in [4.78, 5) is 15.9. The molecule has 0 atom stereocenters. The van der Waals surface area contributed by atoms with Gasteiger partial charge in [-0.2, -0.15) is 0 Å². The maximum Gasteiger partial charge on any atom is 0.255 e. The van der Waals surface area contributed by atoms with Crippen LogP contribution < -0.4 is 10.6 Å². The van der Waals surface area contributed by atoms with Gasteiger partial charge < -0.3 is 15.4 Å². The molecule has 110 valence electrons. The van der Waals surface area contributed by atoms with Gasteiger partial charge in [0, 0.05) is 19.7 Å². The highest BCUT2D eigenvalue weighted by Gasteiger charge is 2.21. The zero-order chi connectivity index (χ0) is 14.4. The minimum Gasteiger partial charge on any atom is -0.379 e. The van der Waals surface area contributed by atoms with Crippen molar-refractivity contribution in [2.24, 2.45) is 5.92 Å². The largest absolute Gasteiger partial charge is 0.379 e. The summed E-state index contributed by atoms with van der Waals surface area (Å²) in [6.45, 7) is 4.15. The monoisotopic (exact) mass is 281 g/mol. The number of carbonyl (C=O) groups excluding carboxylic acids is 1. The summed E-state index contributed by atoms with van der Waals surface area (Å²) < 4.78 is 18.6. The van der Waals surface area contributed by atoms with Gasteiger partial charge >= 0.3 is 0 Å². The summed E-state index contributed by atoms with van der Waals surface area (Å²) >= 11 is 0. The molecule has 1 amide bonds. The number of amides is 1. The maximum absolute atomic E-state index is 13.2. The number of anilines is 1. The van der Waals surface area contributed by atoms with E-state index < -0.39 is 5.82 Å². The number of carbonyl (C=O) groups is 1. The molecule has 6 heteroatoms. The van der Waals surface area contributed by atoms with Crippen molar-refractivity contribution >= 4 is 11.7 Å². The van der Waals surface area contributed by atoms with E-state index in [9.17, 15) is 9.18 Å². The zero-order valence-corrected chi connectivity index (χ0v) is 11.6. The number of ether oxygens (including phenoxy) is 1. The molecule has 1 aliphatic rings. The normalized spacial score (nSPS) is 14.1. The third kappa shape index (κ3) is 4.45. The first-order chi connectivity index (χ1) is 9.70. The Morgan fingerprint density at radius 3 is 3.05 bits per heavy atom. The summed E-state index contributed by atoms with van der Waals surface area (Å²) in [5.74, 6) is 0.230. The van der Waals surface area contributed by atoms with Crippen molar-refractivity contribution in [1.29, 1.82) is 0 Å². The van der Waals surface area contributed by atoms with Crippen LogP contribution in [0, 0.1) is 11.7 Å². The van der Waals surface area contributed by atoms with Crippen LogP contribution in [0.1, 0.15) is 30.1 Å². The van der Waals surface area contributed by atoms with Gasteiger partial charge in [-0.05, 0) is 31.7 Å². The van der Waals surface area contributed by atoms with Crippen LogP contribution in [0.4, 0.5) is 10.2 Å². The van der Waals surface area contributed by atoms with Crippen LogP contribution in [0.5, 0.6) is 0 Å². The molecule has 2 rings (SSSR count). The summed E-state index contributed by atoms with van der Waals surface area (Å²) in [6, 6.07) is 1.19.